The van der Waals surface area contributed by atoms with E-state index in [2.05, 4.69) is 54.4 Å². The van der Waals surface area contributed by atoms with E-state index < -0.39 is 0 Å². The smallest absolute Gasteiger partial charge is 0.117 e. The molecule has 1 fully saturated rings. The Hall–Kier alpha value is -1.13. The molecule has 21 heavy (non-hydrogen) atoms. The molecule has 1 saturated carbocycles. The van der Waals surface area contributed by atoms with Gasteiger partial charge >= 0.3 is 0 Å². The minimum Gasteiger partial charge on any atom is -0.315 e. The third kappa shape index (κ3) is 2.92. The zero-order valence-corrected chi connectivity index (χ0v) is 13.8. The number of para-hydroxylation sites is 1. The third-order valence-corrected chi connectivity index (χ3v) is 5.96. The molecule has 3 rings (SSSR count). The molecule has 1 aliphatic rings. The summed E-state index contributed by atoms with van der Waals surface area (Å²) in [6.07, 6.45) is 5.52. The molecule has 0 spiro atoms. The minimum absolute atomic E-state index is 0.341. The summed E-state index contributed by atoms with van der Waals surface area (Å²) in [4.78, 5) is 8.90. The van der Waals surface area contributed by atoms with Crippen LogP contribution in [0, 0.1) is 5.41 Å². The monoisotopic (exact) mass is 301 g/mol. The Labute approximate surface area is 131 Å². The van der Waals surface area contributed by atoms with E-state index in [1.807, 2.05) is 17.8 Å². The van der Waals surface area contributed by atoms with Crippen LogP contribution in [-0.2, 0) is 0 Å². The summed E-state index contributed by atoms with van der Waals surface area (Å²) >= 11 is 1.92. The van der Waals surface area contributed by atoms with Crippen molar-refractivity contribution in [1.29, 1.82) is 0 Å². The van der Waals surface area contributed by atoms with Crippen LogP contribution in [-0.4, -0.2) is 28.3 Å². The first-order valence-electron chi connectivity index (χ1n) is 7.65. The maximum Gasteiger partial charge on any atom is 0.117 e. The van der Waals surface area contributed by atoms with Crippen LogP contribution in [0.25, 0.3) is 10.9 Å². The van der Waals surface area contributed by atoms with Gasteiger partial charge in [-0.2, -0.15) is 0 Å². The maximum atomic E-state index is 4.54. The topological polar surface area (TPSA) is 37.8 Å². The molecule has 4 heteroatoms. The Balaban J connectivity index is 1.91. The van der Waals surface area contributed by atoms with Crippen LogP contribution in [0.3, 0.4) is 0 Å². The lowest BCUT2D eigenvalue weighted by molar-refractivity contribution is 0.182. The summed E-state index contributed by atoms with van der Waals surface area (Å²) in [5.74, 6) is 0. The number of benzene rings is 1. The van der Waals surface area contributed by atoms with Gasteiger partial charge in [-0.15, -0.1) is 11.8 Å². The predicted molar refractivity (Wildman–Crippen MR) is 89.7 cm³/mol. The van der Waals surface area contributed by atoms with Gasteiger partial charge in [-0.1, -0.05) is 38.5 Å². The Morgan fingerprint density at radius 1 is 1.24 bits per heavy atom. The van der Waals surface area contributed by atoms with Crippen molar-refractivity contribution in [3.63, 3.8) is 0 Å². The van der Waals surface area contributed by atoms with Crippen molar-refractivity contribution >= 4 is 22.7 Å². The highest BCUT2D eigenvalue weighted by Gasteiger charge is 2.38. The van der Waals surface area contributed by atoms with Crippen molar-refractivity contribution in [3.05, 3.63) is 30.6 Å². The maximum absolute atomic E-state index is 4.54. The Kier molecular flexibility index (Phi) is 4.18. The fraction of sp³-hybridized carbons (Fsp3) is 0.529. The zero-order chi connectivity index (χ0) is 14.9. The van der Waals surface area contributed by atoms with Gasteiger partial charge in [-0.25, -0.2) is 9.97 Å². The van der Waals surface area contributed by atoms with Crippen LogP contribution >= 0.6 is 11.8 Å². The third-order valence-electron chi connectivity index (χ3n) is 4.60. The molecule has 2 unspecified atom stereocenters. The molecule has 1 heterocycles. The molecule has 0 saturated heterocycles. The van der Waals surface area contributed by atoms with Gasteiger partial charge in [0.05, 0.1) is 5.52 Å². The fourth-order valence-corrected chi connectivity index (χ4v) is 5.12. The zero-order valence-electron chi connectivity index (χ0n) is 13.0. The van der Waals surface area contributed by atoms with Crippen LogP contribution in [0.4, 0.5) is 0 Å². The molecule has 0 radical (unpaired) electrons. The van der Waals surface area contributed by atoms with Gasteiger partial charge < -0.3 is 5.32 Å². The molecule has 1 aliphatic carbocycles. The van der Waals surface area contributed by atoms with E-state index in [0.29, 0.717) is 16.7 Å². The lowest BCUT2D eigenvalue weighted by atomic mass is 9.73. The highest BCUT2D eigenvalue weighted by Crippen LogP contribution is 2.43. The van der Waals surface area contributed by atoms with Crippen molar-refractivity contribution in [3.8, 4) is 0 Å². The van der Waals surface area contributed by atoms with E-state index in [-0.39, 0.29) is 0 Å². The van der Waals surface area contributed by atoms with Gasteiger partial charge in [0, 0.05) is 16.7 Å². The molecule has 3 nitrogen and oxygen atoms in total. The van der Waals surface area contributed by atoms with E-state index in [1.165, 1.54) is 24.6 Å². The first-order chi connectivity index (χ1) is 10.1. The van der Waals surface area contributed by atoms with E-state index in [4.69, 9.17) is 0 Å². The molecule has 1 aromatic heterocycles. The fourth-order valence-electron chi connectivity index (χ4n) is 3.51. The second-order valence-corrected chi connectivity index (χ2v) is 7.73. The molecular weight excluding hydrogens is 278 g/mol. The average molecular weight is 301 g/mol. The summed E-state index contributed by atoms with van der Waals surface area (Å²) in [6, 6.07) is 8.80. The number of nitrogens with zero attached hydrogens (tertiary/aromatic N) is 2. The first kappa shape index (κ1) is 14.8. The molecule has 0 amide bonds. The highest BCUT2D eigenvalue weighted by molar-refractivity contribution is 8.00. The van der Waals surface area contributed by atoms with Crippen LogP contribution in [0.15, 0.2) is 35.6 Å². The number of thioether (sulfide) groups is 1. The van der Waals surface area contributed by atoms with Crippen molar-refractivity contribution < 1.29 is 0 Å². The number of hydrogen-bond donors (Lipinski definition) is 1. The number of hydrogen-bond acceptors (Lipinski definition) is 4. The molecular formula is C17H23N3S. The molecule has 2 aromatic rings. The molecule has 1 aromatic carbocycles. The number of nitrogens with one attached hydrogen (secondary N) is 1. The highest BCUT2D eigenvalue weighted by atomic mass is 32.2. The van der Waals surface area contributed by atoms with Gasteiger partial charge in [0.15, 0.2) is 0 Å². The molecule has 2 atom stereocenters. The standard InChI is InChI=1S/C17H23N3S/c1-17(2)10-6-9-14(15(17)18-3)21-16-12-7-4-5-8-13(12)19-11-20-16/h4-5,7-8,11,14-15,18H,6,9-10H2,1-3H3. The van der Waals surface area contributed by atoms with Crippen LogP contribution < -0.4 is 5.32 Å². The van der Waals surface area contributed by atoms with Crippen molar-refractivity contribution in [2.24, 2.45) is 5.41 Å². The number of aromatic nitrogens is 2. The largest absolute Gasteiger partial charge is 0.315 e. The summed E-state index contributed by atoms with van der Waals surface area (Å²) in [6.45, 7) is 4.75. The predicted octanol–water partition coefficient (Wildman–Crippen LogP) is 3.89. The lowest BCUT2D eigenvalue weighted by Gasteiger charge is -2.43. The Morgan fingerprint density at radius 2 is 2.05 bits per heavy atom. The number of rotatable bonds is 3. The summed E-state index contributed by atoms with van der Waals surface area (Å²) < 4.78 is 0. The Morgan fingerprint density at radius 3 is 2.86 bits per heavy atom. The van der Waals surface area contributed by atoms with E-state index in [1.54, 1.807) is 6.33 Å². The van der Waals surface area contributed by atoms with Crippen LogP contribution in [0.5, 0.6) is 0 Å². The average Bonchev–Trinajstić information content (AvgIpc) is 2.47. The molecule has 1 N–H and O–H groups in total. The van der Waals surface area contributed by atoms with Gasteiger partial charge in [0.25, 0.3) is 0 Å². The van der Waals surface area contributed by atoms with Crippen LogP contribution in [0.2, 0.25) is 0 Å². The first-order valence-corrected chi connectivity index (χ1v) is 8.53. The van der Waals surface area contributed by atoms with E-state index in [9.17, 15) is 0 Å². The normalized spacial score (nSPS) is 25.1. The van der Waals surface area contributed by atoms with Gasteiger partial charge in [-0.3, -0.25) is 0 Å². The Bertz CT molecular complexity index is 621. The quantitative estimate of drug-likeness (QED) is 0.873. The summed E-state index contributed by atoms with van der Waals surface area (Å²) in [5.41, 5.74) is 1.37. The molecule has 0 aliphatic heterocycles. The molecule has 112 valence electrons. The van der Waals surface area contributed by atoms with Gasteiger partial charge in [0.2, 0.25) is 0 Å². The summed E-state index contributed by atoms with van der Waals surface area (Å²) in [7, 11) is 2.09. The van der Waals surface area contributed by atoms with Crippen molar-refractivity contribution in [2.45, 2.75) is 49.4 Å². The van der Waals surface area contributed by atoms with Gasteiger partial charge in [-0.05, 0) is 31.4 Å². The SMILES string of the molecule is CNC1C(Sc2ncnc3ccccc23)CCCC1(C)C. The number of fused-ring (bicyclic) bond motifs is 1. The summed E-state index contributed by atoms with van der Waals surface area (Å²) in [5, 5.41) is 6.40. The van der Waals surface area contributed by atoms with E-state index >= 15 is 0 Å². The van der Waals surface area contributed by atoms with Gasteiger partial charge in [0.1, 0.15) is 11.4 Å². The molecule has 0 bridgehead atoms. The van der Waals surface area contributed by atoms with Crippen molar-refractivity contribution in [2.75, 3.05) is 7.05 Å². The van der Waals surface area contributed by atoms with Crippen LogP contribution in [0.1, 0.15) is 33.1 Å². The lowest BCUT2D eigenvalue weighted by Crippen LogP contribution is -2.49. The minimum atomic E-state index is 0.341. The van der Waals surface area contributed by atoms with Crippen molar-refractivity contribution in [1.82, 2.24) is 15.3 Å². The second-order valence-electron chi connectivity index (χ2n) is 6.50. The van der Waals surface area contributed by atoms with E-state index in [0.717, 1.165) is 10.5 Å². The second kappa shape index (κ2) is 5.93.